The van der Waals surface area contributed by atoms with Crippen LogP contribution in [0.25, 0.3) is 10.2 Å². The van der Waals surface area contributed by atoms with Gasteiger partial charge in [-0.25, -0.2) is 0 Å². The number of halogens is 1. The number of aryl methyl sites for hydroxylation is 1. The summed E-state index contributed by atoms with van der Waals surface area (Å²) >= 11 is 4.78. The van der Waals surface area contributed by atoms with Gasteiger partial charge in [-0.1, -0.05) is 36.5 Å². The largest absolute Gasteiger partial charge is 0.465 e. The predicted octanol–water partition coefficient (Wildman–Crippen LogP) is 4.33. The van der Waals surface area contributed by atoms with Gasteiger partial charge in [0.15, 0.2) is 4.80 Å². The van der Waals surface area contributed by atoms with Gasteiger partial charge in [-0.15, -0.1) is 0 Å². The van der Waals surface area contributed by atoms with Crippen molar-refractivity contribution in [3.63, 3.8) is 0 Å². The van der Waals surface area contributed by atoms with Crippen LogP contribution in [0.4, 0.5) is 0 Å². The Morgan fingerprint density at radius 1 is 1.19 bits per heavy atom. The second-order valence-corrected chi connectivity index (χ2v) is 7.69. The van der Waals surface area contributed by atoms with Gasteiger partial charge in [0.25, 0.3) is 5.91 Å². The number of ether oxygens (including phenoxy) is 1. The van der Waals surface area contributed by atoms with E-state index in [2.05, 4.69) is 33.9 Å². The second kappa shape index (κ2) is 8.63. The quantitative estimate of drug-likeness (QED) is 0.547. The van der Waals surface area contributed by atoms with Crippen molar-refractivity contribution in [2.45, 2.75) is 26.8 Å². The van der Waals surface area contributed by atoms with E-state index in [4.69, 9.17) is 4.74 Å². The molecule has 0 N–H and O–H groups in total. The first-order valence-corrected chi connectivity index (χ1v) is 10.3. The summed E-state index contributed by atoms with van der Waals surface area (Å²) in [5.41, 5.74) is 2.53. The Morgan fingerprint density at radius 3 is 2.67 bits per heavy atom. The highest BCUT2D eigenvalue weighted by molar-refractivity contribution is 9.10. The summed E-state index contributed by atoms with van der Waals surface area (Å²) in [5, 5.41) is 0. The number of aromatic nitrogens is 1. The third kappa shape index (κ3) is 4.36. The molecule has 0 fully saturated rings. The molecular weight excluding hydrogens is 428 g/mol. The lowest BCUT2D eigenvalue weighted by molar-refractivity contribution is -0.143. The van der Waals surface area contributed by atoms with Gasteiger partial charge in [0, 0.05) is 4.47 Å². The number of esters is 1. The maximum atomic E-state index is 12.7. The van der Waals surface area contributed by atoms with Crippen molar-refractivity contribution in [1.82, 2.24) is 4.57 Å². The zero-order valence-corrected chi connectivity index (χ0v) is 17.5. The van der Waals surface area contributed by atoms with Crippen LogP contribution in [0.15, 0.2) is 51.9 Å². The number of benzene rings is 2. The van der Waals surface area contributed by atoms with Crippen LogP contribution in [-0.4, -0.2) is 23.1 Å². The van der Waals surface area contributed by atoms with Gasteiger partial charge in [0.1, 0.15) is 6.54 Å². The molecule has 0 atom stereocenters. The van der Waals surface area contributed by atoms with Crippen LogP contribution >= 0.6 is 27.3 Å². The van der Waals surface area contributed by atoms with Gasteiger partial charge in [0.05, 0.1) is 22.4 Å². The summed E-state index contributed by atoms with van der Waals surface area (Å²) in [6.45, 7) is 4.18. The molecule has 0 aliphatic rings. The third-order valence-corrected chi connectivity index (χ3v) is 5.78. The van der Waals surface area contributed by atoms with Gasteiger partial charge >= 0.3 is 5.97 Å². The average molecular weight is 447 g/mol. The molecule has 0 saturated carbocycles. The molecule has 3 rings (SSSR count). The van der Waals surface area contributed by atoms with Crippen molar-refractivity contribution < 1.29 is 14.3 Å². The summed E-state index contributed by atoms with van der Waals surface area (Å²) in [5.74, 6) is -0.714. The minimum atomic E-state index is -0.359. The van der Waals surface area contributed by atoms with E-state index in [1.54, 1.807) is 29.7 Å². The van der Waals surface area contributed by atoms with Crippen molar-refractivity contribution in [2.24, 2.45) is 4.99 Å². The molecule has 140 valence electrons. The fourth-order valence-electron chi connectivity index (χ4n) is 2.69. The van der Waals surface area contributed by atoms with Crippen LogP contribution in [0.1, 0.15) is 29.8 Å². The first-order valence-electron chi connectivity index (χ1n) is 8.65. The van der Waals surface area contributed by atoms with E-state index in [0.29, 0.717) is 21.4 Å². The second-order valence-electron chi connectivity index (χ2n) is 5.83. The monoisotopic (exact) mass is 446 g/mol. The number of fused-ring (bicyclic) bond motifs is 1. The van der Waals surface area contributed by atoms with Gasteiger partial charge in [-0.3, -0.25) is 9.59 Å². The molecule has 0 unspecified atom stereocenters. The first kappa shape index (κ1) is 19.5. The fourth-order valence-corrected chi connectivity index (χ4v) is 4.24. The molecule has 5 nitrogen and oxygen atoms in total. The highest BCUT2D eigenvalue weighted by atomic mass is 79.9. The molecule has 1 amide bonds. The Labute approximate surface area is 169 Å². The van der Waals surface area contributed by atoms with Gasteiger partial charge in [-0.2, -0.15) is 4.99 Å². The molecule has 3 aromatic rings. The Bertz CT molecular complexity index is 1070. The zero-order valence-electron chi connectivity index (χ0n) is 15.1. The lowest BCUT2D eigenvalue weighted by Gasteiger charge is -2.05. The maximum Gasteiger partial charge on any atom is 0.326 e. The van der Waals surface area contributed by atoms with Crippen molar-refractivity contribution in [3.8, 4) is 0 Å². The standard InChI is InChI=1S/C20H19BrN2O3S/c1-3-13-9-10-16-17(11-13)27-20(23(16)12-18(24)26-4-2)22-19(25)14-7-5-6-8-15(14)21/h5-11H,3-4,12H2,1-2H3. The van der Waals surface area contributed by atoms with E-state index >= 15 is 0 Å². The van der Waals surface area contributed by atoms with E-state index in [1.807, 2.05) is 18.2 Å². The molecule has 0 spiro atoms. The van der Waals surface area contributed by atoms with Crippen molar-refractivity contribution in [2.75, 3.05) is 6.61 Å². The maximum absolute atomic E-state index is 12.7. The van der Waals surface area contributed by atoms with Crippen LogP contribution in [0, 0.1) is 0 Å². The minimum absolute atomic E-state index is 0.0153. The number of hydrogen-bond acceptors (Lipinski definition) is 4. The van der Waals surface area contributed by atoms with Crippen LogP contribution in [0.2, 0.25) is 0 Å². The molecule has 27 heavy (non-hydrogen) atoms. The lowest BCUT2D eigenvalue weighted by Crippen LogP contribution is -2.23. The van der Waals surface area contributed by atoms with E-state index in [1.165, 1.54) is 16.9 Å². The number of nitrogens with zero attached hydrogens (tertiary/aromatic N) is 2. The van der Waals surface area contributed by atoms with Crippen LogP contribution in [0.5, 0.6) is 0 Å². The Kier molecular flexibility index (Phi) is 6.23. The Morgan fingerprint density at radius 2 is 1.96 bits per heavy atom. The topological polar surface area (TPSA) is 60.7 Å². The van der Waals surface area contributed by atoms with Gasteiger partial charge < -0.3 is 9.30 Å². The van der Waals surface area contributed by atoms with E-state index < -0.39 is 0 Å². The smallest absolute Gasteiger partial charge is 0.326 e. The van der Waals surface area contributed by atoms with Crippen LogP contribution < -0.4 is 4.80 Å². The molecular formula is C20H19BrN2O3S. The number of rotatable bonds is 5. The lowest BCUT2D eigenvalue weighted by atomic mass is 10.2. The number of carbonyl (C=O) groups is 2. The normalized spacial score (nSPS) is 11.7. The molecule has 0 saturated heterocycles. The summed E-state index contributed by atoms with van der Waals surface area (Å²) in [6.07, 6.45) is 0.911. The van der Waals surface area contributed by atoms with Crippen molar-refractivity contribution >= 4 is 49.4 Å². The van der Waals surface area contributed by atoms with E-state index in [0.717, 1.165) is 16.6 Å². The molecule has 0 radical (unpaired) electrons. The molecule has 1 aromatic heterocycles. The summed E-state index contributed by atoms with van der Waals surface area (Å²) < 4.78 is 8.49. The predicted molar refractivity (Wildman–Crippen MR) is 110 cm³/mol. The van der Waals surface area contributed by atoms with Gasteiger partial charge in [-0.05, 0) is 59.1 Å². The van der Waals surface area contributed by atoms with Crippen molar-refractivity contribution in [1.29, 1.82) is 0 Å². The number of carbonyl (C=O) groups excluding carboxylic acids is 2. The summed E-state index contributed by atoms with van der Waals surface area (Å²) in [7, 11) is 0. The minimum Gasteiger partial charge on any atom is -0.465 e. The number of hydrogen-bond donors (Lipinski definition) is 0. The number of amides is 1. The van der Waals surface area contributed by atoms with Crippen LogP contribution in [-0.2, 0) is 22.5 Å². The molecule has 0 aliphatic heterocycles. The highest BCUT2D eigenvalue weighted by Gasteiger charge is 2.14. The Balaban J connectivity index is 2.13. The molecule has 1 heterocycles. The zero-order chi connectivity index (χ0) is 19.4. The van der Waals surface area contributed by atoms with E-state index in [9.17, 15) is 9.59 Å². The van der Waals surface area contributed by atoms with Crippen LogP contribution in [0.3, 0.4) is 0 Å². The number of thiazole rings is 1. The fraction of sp³-hybridized carbons (Fsp3) is 0.250. The molecule has 0 bridgehead atoms. The summed E-state index contributed by atoms with van der Waals surface area (Å²) in [4.78, 5) is 29.5. The van der Waals surface area contributed by atoms with Gasteiger partial charge in [0.2, 0.25) is 0 Å². The van der Waals surface area contributed by atoms with Crippen molar-refractivity contribution in [3.05, 3.63) is 62.9 Å². The highest BCUT2D eigenvalue weighted by Crippen LogP contribution is 2.21. The molecule has 0 aliphatic carbocycles. The molecule has 7 heteroatoms. The molecule has 2 aromatic carbocycles. The average Bonchev–Trinajstić information content (AvgIpc) is 2.98. The summed E-state index contributed by atoms with van der Waals surface area (Å²) in [6, 6.07) is 13.2. The Hall–Kier alpha value is -2.25. The SMILES string of the molecule is CCOC(=O)Cn1c(=NC(=O)c2ccccc2Br)sc2cc(CC)ccc21. The third-order valence-electron chi connectivity index (χ3n) is 4.05. The first-order chi connectivity index (χ1) is 13.0. The van der Waals surface area contributed by atoms with E-state index in [-0.39, 0.29) is 18.4 Å².